The van der Waals surface area contributed by atoms with Gasteiger partial charge in [-0.15, -0.1) is 0 Å². The maximum atomic E-state index is 13.1. The minimum Gasteiger partial charge on any atom is -0.488 e. The van der Waals surface area contributed by atoms with Crippen molar-refractivity contribution in [3.8, 4) is 5.75 Å². The van der Waals surface area contributed by atoms with Gasteiger partial charge in [-0.1, -0.05) is 73.0 Å². The van der Waals surface area contributed by atoms with E-state index in [2.05, 4.69) is 5.32 Å². The van der Waals surface area contributed by atoms with Crippen LogP contribution in [-0.4, -0.2) is 41.1 Å². The third-order valence-corrected chi connectivity index (χ3v) is 7.30. The van der Waals surface area contributed by atoms with Gasteiger partial charge in [0, 0.05) is 11.3 Å². The second kappa shape index (κ2) is 14.0. The summed E-state index contributed by atoms with van der Waals surface area (Å²) in [6.07, 6.45) is 3.18. The molecule has 0 radical (unpaired) electrons. The van der Waals surface area contributed by atoms with Gasteiger partial charge in [-0.25, -0.2) is 4.79 Å². The summed E-state index contributed by atoms with van der Waals surface area (Å²) in [5.74, 6) is -1.23. The van der Waals surface area contributed by atoms with Crippen molar-refractivity contribution in [2.24, 2.45) is 0 Å². The Morgan fingerprint density at radius 3 is 2.63 bits per heavy atom. The fraction of sp³-hybridized carbons (Fsp3) is 0.226. The number of anilines is 1. The fourth-order valence-corrected chi connectivity index (χ4v) is 4.99. The van der Waals surface area contributed by atoms with Crippen molar-refractivity contribution in [3.05, 3.63) is 98.9 Å². The topological polar surface area (TPSA) is 102 Å². The molecule has 0 spiro atoms. The molecular formula is C31H29ClN2O6S. The highest BCUT2D eigenvalue weighted by Gasteiger charge is 2.36. The van der Waals surface area contributed by atoms with Gasteiger partial charge in [0.05, 0.1) is 22.1 Å². The maximum absolute atomic E-state index is 13.1. The number of hydrogen-bond acceptors (Lipinski definition) is 7. The number of benzene rings is 3. The van der Waals surface area contributed by atoms with Crippen LogP contribution in [0.3, 0.4) is 0 Å². The van der Waals surface area contributed by atoms with Crippen LogP contribution in [-0.2, 0) is 20.9 Å². The predicted molar refractivity (Wildman–Crippen MR) is 160 cm³/mol. The van der Waals surface area contributed by atoms with Gasteiger partial charge in [0.1, 0.15) is 18.9 Å². The number of esters is 1. The number of rotatable bonds is 11. The molecule has 0 unspecified atom stereocenters. The first-order chi connectivity index (χ1) is 19.7. The molecule has 1 saturated heterocycles. The normalized spacial score (nSPS) is 13.9. The van der Waals surface area contributed by atoms with E-state index in [4.69, 9.17) is 21.1 Å². The molecule has 8 nitrogen and oxygen atoms in total. The molecule has 212 valence electrons. The Kier molecular flexibility index (Phi) is 10.2. The molecule has 1 aliphatic heterocycles. The third kappa shape index (κ3) is 7.99. The van der Waals surface area contributed by atoms with E-state index in [9.17, 15) is 19.2 Å². The Labute approximate surface area is 247 Å². The molecular weight excluding hydrogens is 564 g/mol. The number of halogens is 1. The summed E-state index contributed by atoms with van der Waals surface area (Å²) in [6.45, 7) is 4.10. The minimum absolute atomic E-state index is 0.109. The molecule has 4 rings (SSSR count). The van der Waals surface area contributed by atoms with Gasteiger partial charge < -0.3 is 14.8 Å². The van der Waals surface area contributed by atoms with Crippen molar-refractivity contribution in [2.75, 3.05) is 18.5 Å². The monoisotopic (exact) mass is 592 g/mol. The molecule has 3 aromatic carbocycles. The summed E-state index contributed by atoms with van der Waals surface area (Å²) in [5.41, 5.74) is 3.16. The molecule has 41 heavy (non-hydrogen) atoms. The summed E-state index contributed by atoms with van der Waals surface area (Å²) >= 11 is 6.89. The standard InChI is InChI=1S/C31H29ClN2O6S/c1-3-4-14-39-30(37)24-17-23(12-13-25(24)32)33-28(35)18-34-29(36)27(41-31(34)38)16-22-10-5-6-11-26(22)40-19-21-9-7-8-20(2)15-21/h5-13,15-17H,3-4,14,18-19H2,1-2H3,(H,33,35)/b27-16+. The SMILES string of the molecule is CCCCOC(=O)c1cc(NC(=O)CN2C(=O)S/C(=C/c3ccccc3OCc3cccc(C)c3)C2=O)ccc1Cl. The number of nitrogens with zero attached hydrogens (tertiary/aromatic N) is 1. The fourth-order valence-electron chi connectivity index (χ4n) is 3.96. The van der Waals surface area contributed by atoms with Crippen molar-refractivity contribution in [2.45, 2.75) is 33.3 Å². The lowest BCUT2D eigenvalue weighted by molar-refractivity contribution is -0.127. The molecule has 1 fully saturated rings. The van der Waals surface area contributed by atoms with Gasteiger partial charge in [-0.3, -0.25) is 19.3 Å². The van der Waals surface area contributed by atoms with E-state index in [0.717, 1.165) is 40.6 Å². The lowest BCUT2D eigenvalue weighted by Crippen LogP contribution is -2.36. The summed E-state index contributed by atoms with van der Waals surface area (Å²) < 4.78 is 11.2. The number of unbranched alkanes of at least 4 members (excludes halogenated alkanes) is 1. The average molecular weight is 593 g/mol. The van der Waals surface area contributed by atoms with E-state index >= 15 is 0 Å². The Balaban J connectivity index is 1.41. The highest BCUT2D eigenvalue weighted by atomic mass is 35.5. The smallest absolute Gasteiger partial charge is 0.339 e. The number of para-hydroxylation sites is 1. The molecule has 0 atom stereocenters. The van der Waals surface area contributed by atoms with E-state index in [0.29, 0.717) is 17.9 Å². The number of aryl methyl sites for hydroxylation is 1. The van der Waals surface area contributed by atoms with Gasteiger partial charge in [-0.05, 0) is 61.0 Å². The Hall–Kier alpha value is -4.08. The van der Waals surface area contributed by atoms with Crippen molar-refractivity contribution < 1.29 is 28.7 Å². The molecule has 10 heteroatoms. The Morgan fingerprint density at radius 1 is 1.05 bits per heavy atom. The van der Waals surface area contributed by atoms with E-state index in [1.165, 1.54) is 18.2 Å². The van der Waals surface area contributed by atoms with Gasteiger partial charge >= 0.3 is 5.97 Å². The number of ether oxygens (including phenoxy) is 2. The zero-order chi connectivity index (χ0) is 29.4. The molecule has 1 heterocycles. The van der Waals surface area contributed by atoms with Gasteiger partial charge in [0.25, 0.3) is 11.1 Å². The molecule has 0 aromatic heterocycles. The molecule has 0 bridgehead atoms. The molecule has 3 amide bonds. The average Bonchev–Trinajstić information content (AvgIpc) is 3.21. The van der Waals surface area contributed by atoms with Crippen LogP contribution in [0.2, 0.25) is 5.02 Å². The summed E-state index contributed by atoms with van der Waals surface area (Å²) in [7, 11) is 0. The number of carbonyl (C=O) groups excluding carboxylic acids is 4. The van der Waals surface area contributed by atoms with E-state index in [1.807, 2.05) is 50.2 Å². The van der Waals surface area contributed by atoms with Crippen molar-refractivity contribution in [1.82, 2.24) is 4.90 Å². The number of carbonyl (C=O) groups is 4. The zero-order valence-corrected chi connectivity index (χ0v) is 24.2. The van der Waals surface area contributed by atoms with Crippen LogP contribution >= 0.6 is 23.4 Å². The zero-order valence-electron chi connectivity index (χ0n) is 22.6. The van der Waals surface area contributed by atoms with Crippen molar-refractivity contribution in [3.63, 3.8) is 0 Å². The molecule has 0 saturated carbocycles. The van der Waals surface area contributed by atoms with Crippen molar-refractivity contribution in [1.29, 1.82) is 0 Å². The quantitative estimate of drug-likeness (QED) is 0.147. The first-order valence-corrected chi connectivity index (χ1v) is 14.2. The van der Waals surface area contributed by atoms with E-state index in [-0.39, 0.29) is 27.8 Å². The van der Waals surface area contributed by atoms with Gasteiger partial charge in [-0.2, -0.15) is 0 Å². The van der Waals surface area contributed by atoms with Crippen LogP contribution in [0.4, 0.5) is 10.5 Å². The number of imide groups is 1. The summed E-state index contributed by atoms with van der Waals surface area (Å²) in [4.78, 5) is 51.9. The van der Waals surface area contributed by atoms with Crippen LogP contribution in [0.15, 0.2) is 71.6 Å². The van der Waals surface area contributed by atoms with Crippen molar-refractivity contribution >= 4 is 58.1 Å². The predicted octanol–water partition coefficient (Wildman–Crippen LogP) is 6.86. The molecule has 0 aliphatic carbocycles. The van der Waals surface area contributed by atoms with E-state index in [1.54, 1.807) is 18.2 Å². The van der Waals surface area contributed by atoms with Gasteiger partial charge in [0.15, 0.2) is 0 Å². The van der Waals surface area contributed by atoms with Gasteiger partial charge in [0.2, 0.25) is 5.91 Å². The van der Waals surface area contributed by atoms with Crippen LogP contribution < -0.4 is 10.1 Å². The van der Waals surface area contributed by atoms with Crippen LogP contribution in [0.25, 0.3) is 6.08 Å². The second-order valence-corrected chi connectivity index (χ2v) is 10.7. The largest absolute Gasteiger partial charge is 0.488 e. The summed E-state index contributed by atoms with van der Waals surface area (Å²) in [5, 5.41) is 2.23. The lowest BCUT2D eigenvalue weighted by Gasteiger charge is -2.13. The maximum Gasteiger partial charge on any atom is 0.339 e. The Morgan fingerprint density at radius 2 is 1.85 bits per heavy atom. The third-order valence-electron chi connectivity index (χ3n) is 6.06. The van der Waals surface area contributed by atoms with E-state index < -0.39 is 29.6 Å². The molecule has 1 aliphatic rings. The highest BCUT2D eigenvalue weighted by molar-refractivity contribution is 8.18. The minimum atomic E-state index is -0.608. The van der Waals surface area contributed by atoms with Crippen LogP contribution in [0, 0.1) is 6.92 Å². The highest BCUT2D eigenvalue weighted by Crippen LogP contribution is 2.34. The van der Waals surface area contributed by atoms with Crippen LogP contribution in [0.1, 0.15) is 46.8 Å². The molecule has 3 aromatic rings. The second-order valence-electron chi connectivity index (χ2n) is 9.32. The lowest BCUT2D eigenvalue weighted by atomic mass is 10.1. The number of nitrogens with one attached hydrogen (secondary N) is 1. The molecule has 1 N–H and O–H groups in total. The number of hydrogen-bond donors (Lipinski definition) is 1. The van der Waals surface area contributed by atoms with Crippen LogP contribution in [0.5, 0.6) is 5.75 Å². The summed E-state index contributed by atoms with van der Waals surface area (Å²) in [6, 6.07) is 19.6. The number of thioether (sulfide) groups is 1. The number of amides is 3. The first-order valence-electron chi connectivity index (χ1n) is 13.0. The first kappa shape index (κ1) is 29.9. The Bertz CT molecular complexity index is 1510.